The Morgan fingerprint density at radius 2 is 1.79 bits per heavy atom. The number of benzene rings is 1. The molecule has 0 amide bonds. The van der Waals surface area contributed by atoms with Gasteiger partial charge in [-0.2, -0.15) is 0 Å². The molecule has 0 bridgehead atoms. The van der Waals surface area contributed by atoms with Crippen LogP contribution in [0, 0.1) is 0 Å². The van der Waals surface area contributed by atoms with E-state index in [4.69, 9.17) is 20.1 Å². The maximum Gasteiger partial charge on any atom is 0.200 e. The minimum atomic E-state index is 0.658. The molecule has 0 spiro atoms. The number of fused-ring (bicyclic) bond motifs is 6. The monoisotopic (exact) mass is 385 g/mol. The fourth-order valence-corrected chi connectivity index (χ4v) is 5.43. The van der Waals surface area contributed by atoms with Gasteiger partial charge in [-0.05, 0) is 43.4 Å². The Bertz CT molecular complexity index is 1330. The van der Waals surface area contributed by atoms with Crippen LogP contribution in [0.3, 0.4) is 0 Å². The molecule has 1 aromatic carbocycles. The van der Waals surface area contributed by atoms with Gasteiger partial charge >= 0.3 is 0 Å². The van der Waals surface area contributed by atoms with E-state index in [1.807, 2.05) is 40.1 Å². The highest BCUT2D eigenvalue weighted by Crippen LogP contribution is 2.36. The maximum absolute atomic E-state index is 4.91. The van der Waals surface area contributed by atoms with Gasteiger partial charge in [-0.25, -0.2) is 19.5 Å². The predicted molar refractivity (Wildman–Crippen MR) is 113 cm³/mol. The van der Waals surface area contributed by atoms with Gasteiger partial charge < -0.3 is 0 Å². The molecule has 0 saturated carbocycles. The third kappa shape index (κ3) is 2.52. The Labute approximate surface area is 166 Å². The molecular formula is C22H19N5S. The fourth-order valence-electron chi connectivity index (χ4n) is 4.21. The Morgan fingerprint density at radius 1 is 0.893 bits per heavy atom. The molecule has 138 valence electrons. The van der Waals surface area contributed by atoms with Crippen LogP contribution in [0.15, 0.2) is 42.7 Å². The molecule has 1 aliphatic carbocycles. The van der Waals surface area contributed by atoms with Gasteiger partial charge in [-0.15, -0.1) is 16.4 Å². The van der Waals surface area contributed by atoms with Gasteiger partial charge in [0.15, 0.2) is 5.65 Å². The van der Waals surface area contributed by atoms with Gasteiger partial charge in [0.05, 0.1) is 10.9 Å². The van der Waals surface area contributed by atoms with Crippen LogP contribution in [0.4, 0.5) is 0 Å². The normalized spacial score (nSPS) is 15.0. The van der Waals surface area contributed by atoms with Crippen molar-refractivity contribution in [3.05, 3.63) is 53.2 Å². The smallest absolute Gasteiger partial charge is 0.200 e. The van der Waals surface area contributed by atoms with E-state index in [0.29, 0.717) is 5.82 Å². The van der Waals surface area contributed by atoms with Crippen molar-refractivity contribution in [2.45, 2.75) is 38.5 Å². The van der Waals surface area contributed by atoms with Gasteiger partial charge in [0.1, 0.15) is 16.9 Å². The molecular weight excluding hydrogens is 366 g/mol. The van der Waals surface area contributed by atoms with Gasteiger partial charge in [-0.1, -0.05) is 37.1 Å². The van der Waals surface area contributed by atoms with Gasteiger partial charge in [0.2, 0.25) is 5.82 Å². The lowest BCUT2D eigenvalue weighted by Gasteiger charge is -2.09. The molecule has 0 unspecified atom stereocenters. The third-order valence-electron chi connectivity index (χ3n) is 5.62. The van der Waals surface area contributed by atoms with Crippen molar-refractivity contribution < 1.29 is 0 Å². The summed E-state index contributed by atoms with van der Waals surface area (Å²) in [6.45, 7) is 0. The van der Waals surface area contributed by atoms with Crippen molar-refractivity contribution >= 4 is 38.1 Å². The molecule has 4 aromatic heterocycles. The molecule has 0 atom stereocenters. The van der Waals surface area contributed by atoms with E-state index in [-0.39, 0.29) is 0 Å². The lowest BCUT2D eigenvalue weighted by molar-refractivity contribution is 0.624. The minimum Gasteiger partial charge on any atom is -0.244 e. The molecule has 5 aromatic rings. The molecule has 0 radical (unpaired) electrons. The summed E-state index contributed by atoms with van der Waals surface area (Å²) in [5, 5.41) is 7.02. The van der Waals surface area contributed by atoms with Crippen molar-refractivity contribution in [2.24, 2.45) is 0 Å². The second-order valence-corrected chi connectivity index (χ2v) is 8.52. The zero-order valence-electron chi connectivity index (χ0n) is 15.4. The number of rotatable bonds is 1. The number of hydrogen-bond donors (Lipinski definition) is 0. The first kappa shape index (κ1) is 16.1. The number of para-hydroxylation sites is 1. The molecule has 28 heavy (non-hydrogen) atoms. The number of nitrogens with zero attached hydrogens (tertiary/aromatic N) is 5. The molecule has 0 saturated heterocycles. The highest BCUT2D eigenvalue weighted by Gasteiger charge is 2.20. The van der Waals surface area contributed by atoms with E-state index in [2.05, 4.69) is 12.1 Å². The topological polar surface area (TPSA) is 56.0 Å². The van der Waals surface area contributed by atoms with E-state index in [1.165, 1.54) is 41.5 Å². The van der Waals surface area contributed by atoms with Gasteiger partial charge in [-0.3, -0.25) is 0 Å². The Kier molecular flexibility index (Phi) is 3.65. The third-order valence-corrected chi connectivity index (χ3v) is 6.82. The summed E-state index contributed by atoms with van der Waals surface area (Å²) < 4.78 is 1.82. The lowest BCUT2D eigenvalue weighted by Crippen LogP contribution is -1.97. The highest BCUT2D eigenvalue weighted by molar-refractivity contribution is 7.19. The average Bonchev–Trinajstić information content (AvgIpc) is 3.28. The van der Waals surface area contributed by atoms with Crippen molar-refractivity contribution in [1.29, 1.82) is 0 Å². The number of aryl methyl sites for hydroxylation is 2. The molecule has 6 rings (SSSR count). The fraction of sp³-hybridized carbons (Fsp3) is 0.273. The molecule has 4 heterocycles. The highest BCUT2D eigenvalue weighted by atomic mass is 32.1. The van der Waals surface area contributed by atoms with Crippen molar-refractivity contribution in [3.63, 3.8) is 0 Å². The van der Waals surface area contributed by atoms with Crippen LogP contribution in [0.5, 0.6) is 0 Å². The summed E-state index contributed by atoms with van der Waals surface area (Å²) >= 11 is 1.84. The molecule has 6 heteroatoms. The number of thiophene rings is 1. The zero-order valence-corrected chi connectivity index (χ0v) is 16.2. The first-order chi connectivity index (χ1) is 13.9. The van der Waals surface area contributed by atoms with Crippen LogP contribution >= 0.6 is 11.3 Å². The van der Waals surface area contributed by atoms with Gasteiger partial charge in [0.25, 0.3) is 0 Å². The zero-order chi connectivity index (χ0) is 18.5. The van der Waals surface area contributed by atoms with Crippen LogP contribution in [0.1, 0.15) is 36.1 Å². The van der Waals surface area contributed by atoms with Crippen LogP contribution in [-0.4, -0.2) is 24.6 Å². The summed E-state index contributed by atoms with van der Waals surface area (Å²) in [5.41, 5.74) is 4.12. The maximum atomic E-state index is 4.91. The largest absolute Gasteiger partial charge is 0.244 e. The quantitative estimate of drug-likeness (QED) is 0.397. The van der Waals surface area contributed by atoms with E-state index >= 15 is 0 Å². The van der Waals surface area contributed by atoms with Crippen LogP contribution in [-0.2, 0) is 12.8 Å². The van der Waals surface area contributed by atoms with Crippen molar-refractivity contribution in [3.8, 4) is 11.5 Å². The van der Waals surface area contributed by atoms with Crippen LogP contribution in [0.2, 0.25) is 0 Å². The van der Waals surface area contributed by atoms with E-state index < -0.39 is 0 Å². The molecule has 1 aliphatic rings. The summed E-state index contributed by atoms with van der Waals surface area (Å²) in [7, 11) is 0. The number of pyridine rings is 1. The molecule has 0 fully saturated rings. The Hall–Kier alpha value is -2.86. The van der Waals surface area contributed by atoms with Crippen molar-refractivity contribution in [2.75, 3.05) is 0 Å². The van der Waals surface area contributed by atoms with Crippen LogP contribution < -0.4 is 0 Å². The SMILES string of the molecule is c1ccc2nc(-c3nc4c5c6c(sc5ncn4n3)CCCCCC6)ccc2c1. The molecule has 5 nitrogen and oxygen atoms in total. The first-order valence-corrected chi connectivity index (χ1v) is 10.7. The Morgan fingerprint density at radius 3 is 2.75 bits per heavy atom. The standard InChI is InChI=1S/C22H19N5S/c1-2-4-10-18-15(8-3-1)19-21-25-20(26-27(21)13-23-22(19)28-18)17-12-11-14-7-5-6-9-16(14)24-17/h5-7,9,11-13H,1-4,8,10H2. The second-order valence-electron chi connectivity index (χ2n) is 7.44. The van der Waals surface area contributed by atoms with E-state index in [1.54, 1.807) is 6.33 Å². The lowest BCUT2D eigenvalue weighted by atomic mass is 9.98. The number of aromatic nitrogens is 5. The van der Waals surface area contributed by atoms with E-state index in [9.17, 15) is 0 Å². The van der Waals surface area contributed by atoms with Gasteiger partial charge in [0, 0.05) is 10.3 Å². The van der Waals surface area contributed by atoms with Crippen LogP contribution in [0.25, 0.3) is 38.3 Å². The van der Waals surface area contributed by atoms with Crippen molar-refractivity contribution in [1.82, 2.24) is 24.6 Å². The molecule has 0 N–H and O–H groups in total. The second kappa shape index (κ2) is 6.34. The summed E-state index contributed by atoms with van der Waals surface area (Å²) in [6, 6.07) is 12.2. The molecule has 0 aliphatic heterocycles. The Balaban J connectivity index is 1.56. The summed E-state index contributed by atoms with van der Waals surface area (Å²) in [5.74, 6) is 0.658. The average molecular weight is 385 g/mol. The summed E-state index contributed by atoms with van der Waals surface area (Å²) in [6.07, 6.45) is 9.23. The first-order valence-electron chi connectivity index (χ1n) is 9.89. The summed E-state index contributed by atoms with van der Waals surface area (Å²) in [4.78, 5) is 16.9. The number of hydrogen-bond acceptors (Lipinski definition) is 5. The van der Waals surface area contributed by atoms with E-state index in [0.717, 1.165) is 39.9 Å². The predicted octanol–water partition coefficient (Wildman–Crippen LogP) is 5.21. The minimum absolute atomic E-state index is 0.658.